The monoisotopic (exact) mass is 240 g/mol. The van der Waals surface area contributed by atoms with Crippen molar-refractivity contribution in [3.8, 4) is 0 Å². The second-order valence-corrected chi connectivity index (χ2v) is 4.24. The Balaban J connectivity index is 2.81. The lowest BCUT2D eigenvalue weighted by Gasteiger charge is -2.26. The van der Waals surface area contributed by atoms with E-state index >= 15 is 0 Å². The molecule has 0 saturated carbocycles. The summed E-state index contributed by atoms with van der Waals surface area (Å²) in [7, 11) is 0. The van der Waals surface area contributed by atoms with Crippen molar-refractivity contribution in [2.24, 2.45) is 0 Å². The maximum atomic E-state index is 11.6. The summed E-state index contributed by atoms with van der Waals surface area (Å²) in [4.78, 5) is 13.8. The molecular formula is C12H20N2OS. The van der Waals surface area contributed by atoms with E-state index in [9.17, 15) is 4.79 Å². The van der Waals surface area contributed by atoms with E-state index < -0.39 is 0 Å². The third-order valence-corrected chi connectivity index (χ3v) is 3.18. The maximum Gasteiger partial charge on any atom is 0.223 e. The van der Waals surface area contributed by atoms with E-state index in [1.165, 1.54) is 0 Å². The van der Waals surface area contributed by atoms with Crippen molar-refractivity contribution in [3.63, 3.8) is 0 Å². The molecule has 16 heavy (non-hydrogen) atoms. The molecule has 90 valence electrons. The van der Waals surface area contributed by atoms with Gasteiger partial charge in [-0.2, -0.15) is 0 Å². The third kappa shape index (κ3) is 2.43. The molecule has 0 aliphatic carbocycles. The lowest BCUT2D eigenvalue weighted by atomic mass is 10.1. The predicted molar refractivity (Wildman–Crippen MR) is 72.9 cm³/mol. The lowest BCUT2D eigenvalue weighted by Crippen LogP contribution is -2.31. The molecule has 1 aromatic carbocycles. The molecular weight excluding hydrogens is 220 g/mol. The van der Waals surface area contributed by atoms with Crippen LogP contribution in [-0.4, -0.2) is 19.6 Å². The second-order valence-electron chi connectivity index (χ2n) is 3.83. The van der Waals surface area contributed by atoms with Gasteiger partial charge in [-0.1, -0.05) is 25.6 Å². The Morgan fingerprint density at radius 1 is 1.25 bits per heavy atom. The summed E-state index contributed by atoms with van der Waals surface area (Å²) in [6.45, 7) is 8.91. The van der Waals surface area contributed by atoms with Gasteiger partial charge in [-0.05, 0) is 20.3 Å². The largest absolute Gasteiger partial charge is 0.380 e. The minimum absolute atomic E-state index is 0.00741. The van der Waals surface area contributed by atoms with Crippen LogP contribution in [0.5, 0.6) is 0 Å². The van der Waals surface area contributed by atoms with Gasteiger partial charge in [0.1, 0.15) is 10.2 Å². The van der Waals surface area contributed by atoms with E-state index in [1.54, 1.807) is 0 Å². The van der Waals surface area contributed by atoms with E-state index in [0.717, 1.165) is 43.9 Å². The highest BCUT2D eigenvalue weighted by Gasteiger charge is 2.20. The van der Waals surface area contributed by atoms with Crippen LogP contribution in [0.25, 0.3) is 0 Å². The highest BCUT2D eigenvalue weighted by atomic mass is 32.1. The standard InChI is InChI=1S/C12H20N2OS/c1-4-7-8-13-9-10(12(16)11(9)15)14(5-2)6-3/h13H,4-8H2,1-3H3. The van der Waals surface area contributed by atoms with Crippen LogP contribution in [0.15, 0.2) is 4.79 Å². The number of nitrogens with zero attached hydrogens (tertiary/aromatic N) is 1. The zero-order valence-electron chi connectivity index (χ0n) is 10.3. The molecule has 0 aromatic heterocycles. The fourth-order valence-electron chi connectivity index (χ4n) is 1.78. The van der Waals surface area contributed by atoms with Gasteiger partial charge in [0, 0.05) is 19.6 Å². The predicted octanol–water partition coefficient (Wildman–Crippen LogP) is 2.71. The van der Waals surface area contributed by atoms with E-state index in [4.69, 9.17) is 12.2 Å². The summed E-state index contributed by atoms with van der Waals surface area (Å²) in [5, 5.41) is 3.20. The van der Waals surface area contributed by atoms with Gasteiger partial charge in [0.25, 0.3) is 0 Å². The normalized spacial score (nSPS) is 10.7. The number of nitrogens with one attached hydrogen (secondary N) is 1. The van der Waals surface area contributed by atoms with Gasteiger partial charge in [-0.25, -0.2) is 0 Å². The molecule has 0 fully saturated rings. The fraction of sp³-hybridized carbons (Fsp3) is 0.667. The summed E-state index contributed by atoms with van der Waals surface area (Å²) in [5.74, 6) is 0. The van der Waals surface area contributed by atoms with Crippen molar-refractivity contribution in [2.45, 2.75) is 33.6 Å². The number of anilines is 2. The van der Waals surface area contributed by atoms with E-state index in [2.05, 4.69) is 31.0 Å². The number of unbranched alkanes of at least 4 members (excludes halogenated alkanes) is 1. The summed E-state index contributed by atoms with van der Waals surface area (Å²) in [5.41, 5.74) is 1.68. The van der Waals surface area contributed by atoms with Crippen LogP contribution in [-0.2, 0) is 0 Å². The SMILES string of the molecule is CCCCNc1c(N(CC)CC)c(=S)c1=O. The van der Waals surface area contributed by atoms with Crippen LogP contribution in [0.3, 0.4) is 0 Å². The fourth-order valence-corrected chi connectivity index (χ4v) is 2.11. The molecule has 4 heteroatoms. The Kier molecular flexibility index (Phi) is 4.93. The van der Waals surface area contributed by atoms with Crippen molar-refractivity contribution in [1.82, 2.24) is 0 Å². The molecule has 0 unspecified atom stereocenters. The van der Waals surface area contributed by atoms with Gasteiger partial charge in [0.15, 0.2) is 0 Å². The molecule has 0 saturated heterocycles. The molecule has 0 spiro atoms. The topological polar surface area (TPSA) is 32.3 Å². The first-order valence-corrected chi connectivity index (χ1v) is 6.40. The van der Waals surface area contributed by atoms with Crippen molar-refractivity contribution in [3.05, 3.63) is 14.7 Å². The van der Waals surface area contributed by atoms with Gasteiger partial charge in [-0.3, -0.25) is 4.79 Å². The van der Waals surface area contributed by atoms with Crippen molar-refractivity contribution >= 4 is 23.6 Å². The third-order valence-electron chi connectivity index (χ3n) is 2.80. The zero-order valence-corrected chi connectivity index (χ0v) is 11.1. The molecule has 0 heterocycles. The van der Waals surface area contributed by atoms with Crippen LogP contribution in [0.4, 0.5) is 11.4 Å². The molecule has 0 aliphatic heterocycles. The Bertz CT molecular complexity index is 403. The molecule has 0 bridgehead atoms. The average molecular weight is 240 g/mol. The highest BCUT2D eigenvalue weighted by molar-refractivity contribution is 7.71. The lowest BCUT2D eigenvalue weighted by molar-refractivity contribution is 0.825. The van der Waals surface area contributed by atoms with Crippen LogP contribution < -0.4 is 15.6 Å². The summed E-state index contributed by atoms with van der Waals surface area (Å²) in [6.07, 6.45) is 2.20. The first-order chi connectivity index (χ1) is 7.67. The van der Waals surface area contributed by atoms with E-state index in [0.29, 0.717) is 4.51 Å². The number of rotatable bonds is 7. The van der Waals surface area contributed by atoms with Gasteiger partial charge >= 0.3 is 0 Å². The van der Waals surface area contributed by atoms with Crippen LogP contribution in [0.1, 0.15) is 33.6 Å². The molecule has 1 rings (SSSR count). The molecule has 0 radical (unpaired) electrons. The molecule has 0 amide bonds. The Morgan fingerprint density at radius 3 is 2.38 bits per heavy atom. The number of hydrogen-bond acceptors (Lipinski definition) is 4. The van der Waals surface area contributed by atoms with Gasteiger partial charge < -0.3 is 10.2 Å². The van der Waals surface area contributed by atoms with Gasteiger partial charge in [-0.15, -0.1) is 0 Å². The first kappa shape index (κ1) is 13.2. The van der Waals surface area contributed by atoms with Crippen molar-refractivity contribution in [1.29, 1.82) is 0 Å². The Labute approximate surface area is 102 Å². The molecule has 1 aromatic rings. The first-order valence-electron chi connectivity index (χ1n) is 5.99. The van der Waals surface area contributed by atoms with E-state index in [1.807, 2.05) is 0 Å². The molecule has 1 N–H and O–H groups in total. The smallest absolute Gasteiger partial charge is 0.223 e. The van der Waals surface area contributed by atoms with Crippen LogP contribution in [0.2, 0.25) is 0 Å². The Hall–Kier alpha value is -0.900. The van der Waals surface area contributed by atoms with E-state index in [-0.39, 0.29) is 5.43 Å². The van der Waals surface area contributed by atoms with Crippen LogP contribution >= 0.6 is 12.2 Å². The van der Waals surface area contributed by atoms with Gasteiger partial charge in [0.2, 0.25) is 5.43 Å². The second kappa shape index (κ2) is 5.99. The molecule has 0 atom stereocenters. The zero-order chi connectivity index (χ0) is 12.1. The van der Waals surface area contributed by atoms with Crippen LogP contribution in [0, 0.1) is 4.51 Å². The van der Waals surface area contributed by atoms with Gasteiger partial charge in [0.05, 0.1) is 5.69 Å². The number of hydrogen-bond donors (Lipinski definition) is 1. The highest BCUT2D eigenvalue weighted by Crippen LogP contribution is 2.27. The minimum Gasteiger partial charge on any atom is -0.380 e. The molecule has 0 aliphatic rings. The van der Waals surface area contributed by atoms with Crippen molar-refractivity contribution in [2.75, 3.05) is 29.9 Å². The summed E-state index contributed by atoms with van der Waals surface area (Å²) < 4.78 is 0.489. The maximum absolute atomic E-state index is 11.6. The summed E-state index contributed by atoms with van der Waals surface area (Å²) in [6, 6.07) is 0. The Morgan fingerprint density at radius 2 is 1.88 bits per heavy atom. The van der Waals surface area contributed by atoms with Crippen molar-refractivity contribution < 1.29 is 0 Å². The molecule has 3 nitrogen and oxygen atoms in total. The quantitative estimate of drug-likeness (QED) is 0.587. The average Bonchev–Trinajstić information content (AvgIpc) is 2.32. The minimum atomic E-state index is 0.00741. The summed E-state index contributed by atoms with van der Waals surface area (Å²) >= 11 is 5.10.